The lowest BCUT2D eigenvalue weighted by Gasteiger charge is -2.09. The predicted molar refractivity (Wildman–Crippen MR) is 108 cm³/mol. The standard InChI is InChI=1S/C24H21F2NO2/c1-15-11-19-12-18(9-10-23(19)29-15)17-7-5-16(6-8-17)14-27-24(28)13-20-21(25)3-2-4-22(20)26/h2-10,12,15H,11,13-14H2,1H3,(H,27,28). The van der Waals surface area contributed by atoms with Gasteiger partial charge in [-0.05, 0) is 53.4 Å². The van der Waals surface area contributed by atoms with Gasteiger partial charge in [-0.15, -0.1) is 0 Å². The van der Waals surface area contributed by atoms with E-state index in [1.807, 2.05) is 36.4 Å². The average molecular weight is 393 g/mol. The number of ether oxygens (including phenoxy) is 1. The third-order valence-electron chi connectivity index (χ3n) is 5.07. The highest BCUT2D eigenvalue weighted by atomic mass is 19.1. The lowest BCUT2D eigenvalue weighted by molar-refractivity contribution is -0.120. The number of halogens is 2. The number of carbonyl (C=O) groups excluding carboxylic acids is 1. The Hall–Kier alpha value is -3.21. The zero-order valence-electron chi connectivity index (χ0n) is 16.0. The number of nitrogens with one attached hydrogen (secondary N) is 1. The van der Waals surface area contributed by atoms with Crippen LogP contribution in [-0.2, 0) is 24.2 Å². The van der Waals surface area contributed by atoms with Gasteiger partial charge in [0.2, 0.25) is 5.91 Å². The summed E-state index contributed by atoms with van der Waals surface area (Å²) in [5.74, 6) is -0.894. The number of fused-ring (bicyclic) bond motifs is 1. The first-order chi connectivity index (χ1) is 14.0. The van der Waals surface area contributed by atoms with Crippen LogP contribution in [0.1, 0.15) is 23.6 Å². The Morgan fingerprint density at radius 3 is 2.45 bits per heavy atom. The normalized spacial score (nSPS) is 14.9. The van der Waals surface area contributed by atoms with Crippen LogP contribution in [0, 0.1) is 11.6 Å². The second-order valence-electron chi connectivity index (χ2n) is 7.31. The number of hydrogen-bond donors (Lipinski definition) is 1. The molecule has 1 aliphatic rings. The van der Waals surface area contributed by atoms with Gasteiger partial charge in [0.15, 0.2) is 0 Å². The minimum Gasteiger partial charge on any atom is -0.490 e. The molecule has 1 aliphatic heterocycles. The molecule has 3 aromatic rings. The van der Waals surface area contributed by atoms with E-state index in [4.69, 9.17) is 4.74 Å². The zero-order valence-corrected chi connectivity index (χ0v) is 16.0. The van der Waals surface area contributed by atoms with Gasteiger partial charge in [-0.3, -0.25) is 4.79 Å². The Balaban J connectivity index is 1.38. The van der Waals surface area contributed by atoms with Crippen molar-refractivity contribution in [2.75, 3.05) is 0 Å². The first-order valence-electron chi connectivity index (χ1n) is 9.58. The molecular formula is C24H21F2NO2. The minimum absolute atomic E-state index is 0.212. The maximum atomic E-state index is 13.7. The van der Waals surface area contributed by atoms with Crippen LogP contribution in [0.2, 0.25) is 0 Å². The summed E-state index contributed by atoms with van der Waals surface area (Å²) in [5, 5.41) is 2.71. The topological polar surface area (TPSA) is 38.3 Å². The molecule has 0 spiro atoms. The third-order valence-corrected chi connectivity index (χ3v) is 5.07. The summed E-state index contributed by atoms with van der Waals surface area (Å²) in [6.45, 7) is 2.36. The SMILES string of the molecule is CC1Cc2cc(-c3ccc(CNC(=O)Cc4c(F)cccc4F)cc3)ccc2O1. The summed E-state index contributed by atoms with van der Waals surface area (Å²) < 4.78 is 33.1. The van der Waals surface area contributed by atoms with E-state index in [1.165, 1.54) is 11.6 Å². The maximum absolute atomic E-state index is 13.7. The molecule has 0 radical (unpaired) electrons. The molecule has 29 heavy (non-hydrogen) atoms. The number of carbonyl (C=O) groups is 1. The quantitative estimate of drug-likeness (QED) is 0.675. The molecule has 0 saturated heterocycles. The van der Waals surface area contributed by atoms with Crippen LogP contribution in [0.15, 0.2) is 60.7 Å². The lowest BCUT2D eigenvalue weighted by atomic mass is 10.00. The predicted octanol–water partition coefficient (Wildman–Crippen LogP) is 4.81. The van der Waals surface area contributed by atoms with E-state index in [0.717, 1.165) is 41.0 Å². The minimum atomic E-state index is -0.710. The Bertz CT molecular complexity index is 1030. The Morgan fingerprint density at radius 1 is 1.03 bits per heavy atom. The smallest absolute Gasteiger partial charge is 0.224 e. The van der Waals surface area contributed by atoms with Crippen molar-refractivity contribution in [3.05, 3.63) is 89.0 Å². The molecule has 1 unspecified atom stereocenters. The summed E-state index contributed by atoms with van der Waals surface area (Å²) in [6, 6.07) is 17.6. The van der Waals surface area contributed by atoms with Crippen LogP contribution in [0.4, 0.5) is 8.78 Å². The molecule has 4 rings (SSSR count). The average Bonchev–Trinajstić information content (AvgIpc) is 3.09. The molecule has 3 nitrogen and oxygen atoms in total. The molecule has 0 saturated carbocycles. The highest BCUT2D eigenvalue weighted by Gasteiger charge is 2.19. The van der Waals surface area contributed by atoms with Gasteiger partial charge >= 0.3 is 0 Å². The summed E-state index contributed by atoms with van der Waals surface area (Å²) in [7, 11) is 0. The van der Waals surface area contributed by atoms with E-state index < -0.39 is 17.5 Å². The number of rotatable bonds is 5. The van der Waals surface area contributed by atoms with Crippen molar-refractivity contribution in [2.45, 2.75) is 32.4 Å². The van der Waals surface area contributed by atoms with Crippen LogP contribution >= 0.6 is 0 Å². The molecule has 1 heterocycles. The molecule has 0 aliphatic carbocycles. The van der Waals surface area contributed by atoms with E-state index in [0.29, 0.717) is 6.54 Å². The summed E-state index contributed by atoms with van der Waals surface area (Å²) >= 11 is 0. The first kappa shape index (κ1) is 19.1. The maximum Gasteiger partial charge on any atom is 0.224 e. The van der Waals surface area contributed by atoms with Crippen LogP contribution in [-0.4, -0.2) is 12.0 Å². The monoisotopic (exact) mass is 393 g/mol. The molecule has 148 valence electrons. The highest BCUT2D eigenvalue weighted by Crippen LogP contribution is 2.32. The number of hydrogen-bond acceptors (Lipinski definition) is 2. The Labute approximate surface area is 168 Å². The van der Waals surface area contributed by atoms with Gasteiger partial charge in [0.05, 0.1) is 6.42 Å². The highest BCUT2D eigenvalue weighted by molar-refractivity contribution is 5.78. The fraction of sp³-hybridized carbons (Fsp3) is 0.208. The summed E-state index contributed by atoms with van der Waals surface area (Å²) in [6.07, 6.45) is 0.798. The van der Waals surface area contributed by atoms with Crippen molar-refractivity contribution in [1.29, 1.82) is 0 Å². The molecule has 1 amide bonds. The Kier molecular flexibility index (Phi) is 5.30. The van der Waals surface area contributed by atoms with E-state index in [-0.39, 0.29) is 18.1 Å². The first-order valence-corrected chi connectivity index (χ1v) is 9.58. The number of amides is 1. The second-order valence-corrected chi connectivity index (χ2v) is 7.31. The van der Waals surface area contributed by atoms with Crippen molar-refractivity contribution in [3.63, 3.8) is 0 Å². The van der Waals surface area contributed by atoms with Crippen molar-refractivity contribution in [2.24, 2.45) is 0 Å². The van der Waals surface area contributed by atoms with Crippen LogP contribution < -0.4 is 10.1 Å². The van der Waals surface area contributed by atoms with E-state index >= 15 is 0 Å². The van der Waals surface area contributed by atoms with Crippen LogP contribution in [0.3, 0.4) is 0 Å². The van der Waals surface area contributed by atoms with Crippen LogP contribution in [0.5, 0.6) is 5.75 Å². The fourth-order valence-corrected chi connectivity index (χ4v) is 3.54. The van der Waals surface area contributed by atoms with Crippen molar-refractivity contribution in [3.8, 4) is 16.9 Å². The molecule has 3 aromatic carbocycles. The summed E-state index contributed by atoms with van der Waals surface area (Å²) in [4.78, 5) is 12.1. The lowest BCUT2D eigenvalue weighted by Crippen LogP contribution is -2.25. The molecule has 0 fully saturated rings. The van der Waals surface area contributed by atoms with Crippen LogP contribution in [0.25, 0.3) is 11.1 Å². The Morgan fingerprint density at radius 2 is 1.72 bits per heavy atom. The van der Waals surface area contributed by atoms with E-state index in [9.17, 15) is 13.6 Å². The molecule has 1 atom stereocenters. The van der Waals surface area contributed by atoms with Gasteiger partial charge in [-0.2, -0.15) is 0 Å². The van der Waals surface area contributed by atoms with Crippen molar-refractivity contribution in [1.82, 2.24) is 5.32 Å². The third kappa shape index (κ3) is 4.29. The van der Waals surface area contributed by atoms with Gasteiger partial charge < -0.3 is 10.1 Å². The van der Waals surface area contributed by atoms with Crippen molar-refractivity contribution < 1.29 is 18.3 Å². The largest absolute Gasteiger partial charge is 0.490 e. The van der Waals surface area contributed by atoms with Gasteiger partial charge in [-0.1, -0.05) is 36.4 Å². The molecule has 0 aromatic heterocycles. The molecule has 0 bridgehead atoms. The van der Waals surface area contributed by atoms with Gasteiger partial charge in [0.1, 0.15) is 23.5 Å². The zero-order chi connectivity index (χ0) is 20.4. The molecular weight excluding hydrogens is 372 g/mol. The second kappa shape index (κ2) is 8.03. The van der Waals surface area contributed by atoms with Gasteiger partial charge in [0.25, 0.3) is 0 Å². The van der Waals surface area contributed by atoms with Gasteiger partial charge in [0, 0.05) is 18.5 Å². The van der Waals surface area contributed by atoms with E-state index in [1.54, 1.807) is 0 Å². The summed E-state index contributed by atoms with van der Waals surface area (Å²) in [5.41, 5.74) is 4.11. The molecule has 5 heteroatoms. The van der Waals surface area contributed by atoms with E-state index in [2.05, 4.69) is 18.3 Å². The number of benzene rings is 3. The van der Waals surface area contributed by atoms with Gasteiger partial charge in [-0.25, -0.2) is 8.78 Å². The molecule has 1 N–H and O–H groups in total. The van der Waals surface area contributed by atoms with Crippen molar-refractivity contribution >= 4 is 5.91 Å². The fourth-order valence-electron chi connectivity index (χ4n) is 3.54.